The van der Waals surface area contributed by atoms with Gasteiger partial charge in [-0.1, -0.05) is 13.8 Å². The van der Waals surface area contributed by atoms with Gasteiger partial charge in [0.2, 0.25) is 5.91 Å². The summed E-state index contributed by atoms with van der Waals surface area (Å²) in [5, 5.41) is 3.04. The van der Waals surface area contributed by atoms with Gasteiger partial charge in [0.25, 0.3) is 0 Å². The van der Waals surface area contributed by atoms with Gasteiger partial charge in [0, 0.05) is 6.42 Å². The highest BCUT2D eigenvalue weighted by Crippen LogP contribution is 2.10. The molecular formula is C15H25N2O3+. The Morgan fingerprint density at radius 2 is 2.15 bits per heavy atom. The molecule has 0 unspecified atom stereocenters. The maximum atomic E-state index is 11.8. The highest BCUT2D eigenvalue weighted by Gasteiger charge is 2.28. The Kier molecular flexibility index (Phi) is 5.61. The lowest BCUT2D eigenvalue weighted by Gasteiger charge is -2.30. The first-order valence-corrected chi connectivity index (χ1v) is 7.39. The highest BCUT2D eigenvalue weighted by molar-refractivity contribution is 5.76. The average molecular weight is 281 g/mol. The minimum absolute atomic E-state index is 0.115. The van der Waals surface area contributed by atoms with Gasteiger partial charge in [-0.2, -0.15) is 0 Å². The third-order valence-corrected chi connectivity index (χ3v) is 3.61. The largest absolute Gasteiger partial charge is 0.463 e. The molecule has 5 heteroatoms. The Morgan fingerprint density at radius 3 is 2.75 bits per heavy atom. The standard InChI is InChI=1S/C15H24N2O3/c1-12(2)10-15(18)16-11-13(14-4-3-7-20-14)17-5-8-19-9-6-17/h3-4,7,12-13H,5-6,8-11H2,1-2H3,(H,16,18)/p+1/t13-/m0/s1. The summed E-state index contributed by atoms with van der Waals surface area (Å²) in [6, 6.07) is 4.06. The van der Waals surface area contributed by atoms with E-state index in [1.54, 1.807) is 6.26 Å². The van der Waals surface area contributed by atoms with Gasteiger partial charge in [-0.25, -0.2) is 0 Å². The molecule has 5 nitrogen and oxygen atoms in total. The molecule has 1 saturated heterocycles. The molecule has 0 radical (unpaired) electrons. The first-order chi connectivity index (χ1) is 9.66. The molecule has 2 heterocycles. The number of carbonyl (C=O) groups is 1. The van der Waals surface area contributed by atoms with Crippen molar-refractivity contribution in [2.75, 3.05) is 32.8 Å². The van der Waals surface area contributed by atoms with Crippen LogP contribution in [0.5, 0.6) is 0 Å². The topological polar surface area (TPSA) is 55.9 Å². The van der Waals surface area contributed by atoms with Crippen LogP contribution in [-0.4, -0.2) is 38.8 Å². The SMILES string of the molecule is CC(C)CC(=O)NC[C@@H](c1ccco1)[NH+]1CCOCC1. The van der Waals surface area contributed by atoms with Gasteiger partial charge in [-0.3, -0.25) is 4.79 Å². The second-order valence-electron chi connectivity index (χ2n) is 5.74. The molecule has 0 saturated carbocycles. The second kappa shape index (κ2) is 7.45. The van der Waals surface area contributed by atoms with Crippen LogP contribution in [0.15, 0.2) is 22.8 Å². The van der Waals surface area contributed by atoms with E-state index in [0.29, 0.717) is 18.9 Å². The van der Waals surface area contributed by atoms with Gasteiger partial charge in [0.1, 0.15) is 13.1 Å². The van der Waals surface area contributed by atoms with Crippen molar-refractivity contribution < 1.29 is 18.8 Å². The molecule has 0 spiro atoms. The van der Waals surface area contributed by atoms with E-state index in [1.165, 1.54) is 4.90 Å². The maximum Gasteiger partial charge on any atom is 0.220 e. The zero-order valence-electron chi connectivity index (χ0n) is 12.4. The molecular weight excluding hydrogens is 256 g/mol. The van der Waals surface area contributed by atoms with Gasteiger partial charge >= 0.3 is 0 Å². The molecule has 1 atom stereocenters. The number of amides is 1. The van der Waals surface area contributed by atoms with E-state index < -0.39 is 0 Å². The van der Waals surface area contributed by atoms with Gasteiger partial charge < -0.3 is 19.4 Å². The molecule has 20 heavy (non-hydrogen) atoms. The molecule has 0 bridgehead atoms. The van der Waals surface area contributed by atoms with E-state index in [-0.39, 0.29) is 11.9 Å². The first kappa shape index (κ1) is 15.1. The van der Waals surface area contributed by atoms with Crippen molar-refractivity contribution in [2.45, 2.75) is 26.3 Å². The smallest absolute Gasteiger partial charge is 0.220 e. The highest BCUT2D eigenvalue weighted by atomic mass is 16.5. The number of quaternary nitrogens is 1. The summed E-state index contributed by atoms with van der Waals surface area (Å²) in [5.74, 6) is 1.43. The summed E-state index contributed by atoms with van der Waals surface area (Å²) in [4.78, 5) is 13.2. The normalized spacial score (nSPS) is 18.1. The quantitative estimate of drug-likeness (QED) is 0.793. The fraction of sp³-hybridized carbons (Fsp3) is 0.667. The van der Waals surface area contributed by atoms with Crippen LogP contribution in [0.4, 0.5) is 0 Å². The molecule has 2 N–H and O–H groups in total. The lowest BCUT2D eigenvalue weighted by atomic mass is 10.1. The van der Waals surface area contributed by atoms with Crippen molar-refractivity contribution >= 4 is 5.91 Å². The Labute approximate surface area is 120 Å². The number of nitrogens with one attached hydrogen (secondary N) is 2. The van der Waals surface area contributed by atoms with Crippen molar-refractivity contribution in [1.82, 2.24) is 5.32 Å². The van der Waals surface area contributed by atoms with Crippen LogP contribution in [0.1, 0.15) is 32.1 Å². The van der Waals surface area contributed by atoms with Gasteiger partial charge in [-0.05, 0) is 18.1 Å². The molecule has 1 aromatic rings. The van der Waals surface area contributed by atoms with Crippen molar-refractivity contribution in [3.63, 3.8) is 0 Å². The predicted octanol–water partition coefficient (Wildman–Crippen LogP) is 0.398. The van der Waals surface area contributed by atoms with Crippen molar-refractivity contribution in [3.8, 4) is 0 Å². The fourth-order valence-electron chi connectivity index (χ4n) is 2.58. The number of morpholine rings is 1. The van der Waals surface area contributed by atoms with E-state index in [9.17, 15) is 4.79 Å². The summed E-state index contributed by atoms with van der Waals surface area (Å²) in [6.07, 6.45) is 2.27. The zero-order chi connectivity index (χ0) is 14.4. The van der Waals surface area contributed by atoms with Crippen LogP contribution >= 0.6 is 0 Å². The molecule has 2 rings (SSSR count). The third kappa shape index (κ3) is 4.35. The average Bonchev–Trinajstić information content (AvgIpc) is 2.93. The monoisotopic (exact) mass is 281 g/mol. The van der Waals surface area contributed by atoms with Gasteiger partial charge in [-0.15, -0.1) is 0 Å². The van der Waals surface area contributed by atoms with Crippen LogP contribution in [-0.2, 0) is 9.53 Å². The molecule has 1 fully saturated rings. The Bertz CT molecular complexity index is 397. The second-order valence-corrected chi connectivity index (χ2v) is 5.74. The van der Waals surface area contributed by atoms with Crippen LogP contribution in [0.2, 0.25) is 0 Å². The van der Waals surface area contributed by atoms with E-state index in [0.717, 1.165) is 32.1 Å². The number of carbonyl (C=O) groups excluding carboxylic acids is 1. The fourth-order valence-corrected chi connectivity index (χ4v) is 2.58. The Morgan fingerprint density at radius 1 is 1.40 bits per heavy atom. The zero-order valence-corrected chi connectivity index (χ0v) is 12.4. The van der Waals surface area contributed by atoms with E-state index in [1.807, 2.05) is 12.1 Å². The lowest BCUT2D eigenvalue weighted by molar-refractivity contribution is -0.938. The number of hydrogen-bond acceptors (Lipinski definition) is 3. The minimum atomic E-state index is 0.115. The van der Waals surface area contributed by atoms with Gasteiger partial charge in [0.05, 0.1) is 26.0 Å². The Balaban J connectivity index is 1.94. The van der Waals surface area contributed by atoms with Crippen LogP contribution < -0.4 is 10.2 Å². The molecule has 1 aliphatic heterocycles. The van der Waals surface area contributed by atoms with Crippen molar-refractivity contribution in [1.29, 1.82) is 0 Å². The molecule has 0 aliphatic carbocycles. The molecule has 112 valence electrons. The van der Waals surface area contributed by atoms with Gasteiger partial charge in [0.15, 0.2) is 11.8 Å². The summed E-state index contributed by atoms with van der Waals surface area (Å²) in [5.41, 5.74) is 0. The van der Waals surface area contributed by atoms with Crippen molar-refractivity contribution in [2.24, 2.45) is 5.92 Å². The first-order valence-electron chi connectivity index (χ1n) is 7.39. The maximum absolute atomic E-state index is 11.8. The van der Waals surface area contributed by atoms with E-state index in [4.69, 9.17) is 9.15 Å². The summed E-state index contributed by atoms with van der Waals surface area (Å²) in [6.45, 7) is 8.16. The summed E-state index contributed by atoms with van der Waals surface area (Å²) >= 11 is 0. The molecule has 0 aromatic carbocycles. The molecule has 1 amide bonds. The Hall–Kier alpha value is -1.33. The number of rotatable bonds is 6. The molecule has 1 aromatic heterocycles. The summed E-state index contributed by atoms with van der Waals surface area (Å²) < 4.78 is 11.0. The third-order valence-electron chi connectivity index (χ3n) is 3.61. The van der Waals surface area contributed by atoms with Crippen LogP contribution in [0.3, 0.4) is 0 Å². The van der Waals surface area contributed by atoms with Crippen LogP contribution in [0.25, 0.3) is 0 Å². The van der Waals surface area contributed by atoms with Crippen molar-refractivity contribution in [3.05, 3.63) is 24.2 Å². The minimum Gasteiger partial charge on any atom is -0.463 e. The summed E-state index contributed by atoms with van der Waals surface area (Å²) in [7, 11) is 0. The number of hydrogen-bond donors (Lipinski definition) is 2. The van der Waals surface area contributed by atoms with Crippen LogP contribution in [0, 0.1) is 5.92 Å². The number of ether oxygens (including phenoxy) is 1. The molecule has 1 aliphatic rings. The lowest BCUT2D eigenvalue weighted by Crippen LogP contribution is -3.15. The number of furan rings is 1. The predicted molar refractivity (Wildman–Crippen MR) is 75.4 cm³/mol. The van der Waals surface area contributed by atoms with E-state index >= 15 is 0 Å². The van der Waals surface area contributed by atoms with E-state index in [2.05, 4.69) is 19.2 Å².